The van der Waals surface area contributed by atoms with Crippen LogP contribution in [0.25, 0.3) is 10.8 Å². The van der Waals surface area contributed by atoms with Crippen molar-refractivity contribution in [3.63, 3.8) is 0 Å². The van der Waals surface area contributed by atoms with Crippen molar-refractivity contribution in [1.29, 1.82) is 0 Å². The third-order valence-corrected chi connectivity index (χ3v) is 5.09. The van der Waals surface area contributed by atoms with E-state index in [-0.39, 0.29) is 0 Å². The van der Waals surface area contributed by atoms with Crippen LogP contribution in [0.15, 0.2) is 54.7 Å². The van der Waals surface area contributed by atoms with Crippen molar-refractivity contribution >= 4 is 16.7 Å². The van der Waals surface area contributed by atoms with E-state index in [9.17, 15) is 4.79 Å². The quantitative estimate of drug-likeness (QED) is 0.633. The highest BCUT2D eigenvalue weighted by Gasteiger charge is 2.27. The van der Waals surface area contributed by atoms with Crippen molar-refractivity contribution < 1.29 is 14.3 Å². The van der Waals surface area contributed by atoms with E-state index in [0.717, 1.165) is 49.2 Å². The highest BCUT2D eigenvalue weighted by molar-refractivity contribution is 5.92. The van der Waals surface area contributed by atoms with Gasteiger partial charge in [0.1, 0.15) is 5.75 Å². The Bertz CT molecular complexity index is 998. The van der Waals surface area contributed by atoms with Gasteiger partial charge in [0.2, 0.25) is 11.8 Å². The maximum atomic E-state index is 11.2. The Morgan fingerprint density at radius 3 is 2.62 bits per heavy atom. The lowest BCUT2D eigenvalue weighted by Crippen LogP contribution is -2.51. The second-order valence-electron chi connectivity index (χ2n) is 7.31. The topological polar surface area (TPSA) is 77.7 Å². The summed E-state index contributed by atoms with van der Waals surface area (Å²) in [6.07, 6.45) is 2.84. The van der Waals surface area contributed by atoms with Crippen molar-refractivity contribution in [3.8, 4) is 11.6 Å². The zero-order valence-electron chi connectivity index (χ0n) is 16.5. The summed E-state index contributed by atoms with van der Waals surface area (Å²) in [5.41, 5.74) is 6.88. The minimum Gasteiger partial charge on any atom is -0.438 e. The first-order valence-corrected chi connectivity index (χ1v) is 9.92. The van der Waals surface area contributed by atoms with Crippen molar-refractivity contribution in [2.45, 2.75) is 26.0 Å². The molecule has 0 bridgehead atoms. The molecule has 0 radical (unpaired) electrons. The minimum atomic E-state index is -0.507. The molecule has 6 nitrogen and oxygen atoms in total. The van der Waals surface area contributed by atoms with E-state index >= 15 is 0 Å². The number of rotatable bonds is 8. The van der Waals surface area contributed by atoms with E-state index in [1.165, 1.54) is 11.8 Å². The van der Waals surface area contributed by atoms with Gasteiger partial charge in [-0.2, -0.15) is 0 Å². The fourth-order valence-corrected chi connectivity index (χ4v) is 3.54. The number of nitrogens with two attached hydrogens (primary N) is 1. The van der Waals surface area contributed by atoms with Gasteiger partial charge in [-0.1, -0.05) is 37.3 Å². The Labute approximate surface area is 170 Å². The second-order valence-corrected chi connectivity index (χ2v) is 7.31. The number of hydrogen-bond donors (Lipinski definition) is 1. The van der Waals surface area contributed by atoms with Crippen molar-refractivity contribution in [1.82, 2.24) is 9.88 Å². The molecule has 1 fully saturated rings. The lowest BCUT2D eigenvalue weighted by atomic mass is 10.0. The van der Waals surface area contributed by atoms with E-state index in [0.29, 0.717) is 17.5 Å². The summed E-state index contributed by atoms with van der Waals surface area (Å²) in [6.45, 7) is 5.81. The highest BCUT2D eigenvalue weighted by Crippen LogP contribution is 2.32. The zero-order chi connectivity index (χ0) is 20.2. The maximum Gasteiger partial charge on any atom is 0.250 e. The number of ether oxygens (including phenoxy) is 2. The maximum absolute atomic E-state index is 11.2. The van der Waals surface area contributed by atoms with Gasteiger partial charge in [0.05, 0.1) is 11.7 Å². The molecular weight excluding hydrogens is 366 g/mol. The summed E-state index contributed by atoms with van der Waals surface area (Å²) in [5.74, 6) is 0.648. The van der Waals surface area contributed by atoms with Crippen LogP contribution in [0.3, 0.4) is 0 Å². The molecule has 0 atom stereocenters. The molecule has 29 heavy (non-hydrogen) atoms. The van der Waals surface area contributed by atoms with Gasteiger partial charge in [0.15, 0.2) is 0 Å². The summed E-state index contributed by atoms with van der Waals surface area (Å²) >= 11 is 0. The smallest absolute Gasteiger partial charge is 0.250 e. The van der Waals surface area contributed by atoms with Crippen molar-refractivity contribution in [2.75, 3.05) is 19.7 Å². The highest BCUT2D eigenvalue weighted by atomic mass is 16.5. The SMILES string of the molecule is CCCOC1CN(Cc2ccc(Oc3ccc(C(N)=O)cn3)c3ccccc23)C1. The summed E-state index contributed by atoms with van der Waals surface area (Å²) in [7, 11) is 0. The van der Waals surface area contributed by atoms with Gasteiger partial charge < -0.3 is 15.2 Å². The first-order chi connectivity index (χ1) is 14.1. The molecule has 150 valence electrons. The number of hydrogen-bond acceptors (Lipinski definition) is 5. The number of primary amides is 1. The van der Waals surface area contributed by atoms with Crippen LogP contribution < -0.4 is 10.5 Å². The van der Waals surface area contributed by atoms with Crippen LogP contribution in [0.1, 0.15) is 29.3 Å². The fraction of sp³-hybridized carbons (Fsp3) is 0.304. The number of carbonyl (C=O) groups excluding carboxylic acids is 1. The number of carbonyl (C=O) groups is 1. The van der Waals surface area contributed by atoms with Crippen LogP contribution >= 0.6 is 0 Å². The number of amides is 1. The second kappa shape index (κ2) is 8.59. The molecule has 2 heterocycles. The fourth-order valence-electron chi connectivity index (χ4n) is 3.54. The molecule has 1 amide bonds. The third kappa shape index (κ3) is 4.39. The lowest BCUT2D eigenvalue weighted by molar-refractivity contribution is -0.0573. The van der Waals surface area contributed by atoms with E-state index < -0.39 is 5.91 Å². The van der Waals surface area contributed by atoms with Gasteiger partial charge in [-0.25, -0.2) is 4.98 Å². The third-order valence-electron chi connectivity index (χ3n) is 5.09. The van der Waals surface area contributed by atoms with E-state index in [2.05, 4.69) is 35.0 Å². The zero-order valence-corrected chi connectivity index (χ0v) is 16.5. The van der Waals surface area contributed by atoms with Crippen LogP contribution in [-0.2, 0) is 11.3 Å². The molecule has 1 aliphatic rings. The number of fused-ring (bicyclic) bond motifs is 1. The van der Waals surface area contributed by atoms with Gasteiger partial charge in [-0.3, -0.25) is 9.69 Å². The predicted octanol–water partition coefficient (Wildman–Crippen LogP) is 3.74. The van der Waals surface area contributed by atoms with Gasteiger partial charge in [-0.05, 0) is 29.5 Å². The number of nitrogens with zero attached hydrogens (tertiary/aromatic N) is 2. The molecular formula is C23H25N3O3. The first kappa shape index (κ1) is 19.4. The summed E-state index contributed by atoms with van der Waals surface area (Å²) in [5, 5.41) is 2.20. The molecule has 6 heteroatoms. The molecule has 1 aliphatic heterocycles. The van der Waals surface area contributed by atoms with Gasteiger partial charge in [0, 0.05) is 43.9 Å². The number of aromatic nitrogens is 1. The Kier molecular flexibility index (Phi) is 5.74. The van der Waals surface area contributed by atoms with Crippen LogP contribution in [-0.4, -0.2) is 41.6 Å². The van der Waals surface area contributed by atoms with Gasteiger partial charge >= 0.3 is 0 Å². The van der Waals surface area contributed by atoms with E-state index in [1.807, 2.05) is 18.2 Å². The van der Waals surface area contributed by atoms with Crippen LogP contribution in [0.2, 0.25) is 0 Å². The first-order valence-electron chi connectivity index (χ1n) is 9.92. The largest absolute Gasteiger partial charge is 0.438 e. The van der Waals surface area contributed by atoms with E-state index in [4.69, 9.17) is 15.2 Å². The minimum absolute atomic E-state index is 0.355. The van der Waals surface area contributed by atoms with Crippen LogP contribution in [0.5, 0.6) is 11.6 Å². The van der Waals surface area contributed by atoms with Crippen LogP contribution in [0.4, 0.5) is 0 Å². The predicted molar refractivity (Wildman–Crippen MR) is 112 cm³/mol. The molecule has 3 aromatic rings. The molecule has 0 saturated carbocycles. The standard InChI is InChI=1S/C23H25N3O3/c1-2-11-28-18-14-26(15-18)13-17-7-9-21(20-6-4-3-5-19(17)20)29-22-10-8-16(12-25-22)23(24)27/h3-10,12,18H,2,11,13-15H2,1H3,(H2,24,27). The molecule has 0 unspecified atom stereocenters. The molecule has 0 aliphatic carbocycles. The lowest BCUT2D eigenvalue weighted by Gasteiger charge is -2.39. The monoisotopic (exact) mass is 391 g/mol. The Balaban J connectivity index is 1.50. The normalized spacial score (nSPS) is 14.7. The average Bonchev–Trinajstić information content (AvgIpc) is 2.71. The van der Waals surface area contributed by atoms with Crippen molar-refractivity contribution in [2.24, 2.45) is 5.73 Å². The molecule has 0 spiro atoms. The summed E-state index contributed by atoms with van der Waals surface area (Å²) < 4.78 is 11.8. The molecule has 1 saturated heterocycles. The Morgan fingerprint density at radius 2 is 1.93 bits per heavy atom. The molecule has 2 N–H and O–H groups in total. The van der Waals surface area contributed by atoms with Crippen molar-refractivity contribution in [3.05, 3.63) is 65.9 Å². The number of pyridine rings is 1. The summed E-state index contributed by atoms with van der Waals surface area (Å²) in [6, 6.07) is 15.6. The van der Waals surface area contributed by atoms with Gasteiger partial charge in [0.25, 0.3) is 0 Å². The Hall–Kier alpha value is -2.96. The summed E-state index contributed by atoms with van der Waals surface area (Å²) in [4.78, 5) is 17.8. The molecule has 2 aromatic carbocycles. The average molecular weight is 391 g/mol. The number of benzene rings is 2. The Morgan fingerprint density at radius 1 is 1.14 bits per heavy atom. The molecule has 1 aromatic heterocycles. The van der Waals surface area contributed by atoms with Gasteiger partial charge in [-0.15, -0.1) is 0 Å². The van der Waals surface area contributed by atoms with E-state index in [1.54, 1.807) is 12.1 Å². The number of likely N-dealkylation sites (tertiary alicyclic amines) is 1. The molecule has 4 rings (SSSR count). The van der Waals surface area contributed by atoms with Crippen LogP contribution in [0, 0.1) is 0 Å².